The fraction of sp³-hybridized carbons (Fsp3) is 0.833. The van der Waals surface area contributed by atoms with E-state index in [0.29, 0.717) is 5.41 Å². The summed E-state index contributed by atoms with van der Waals surface area (Å²) in [7, 11) is 1.93. The highest BCUT2D eigenvalue weighted by molar-refractivity contribution is 5.00. The van der Waals surface area contributed by atoms with Crippen molar-refractivity contribution in [2.24, 2.45) is 18.2 Å². The molecular formula is C12H22N4. The predicted octanol–water partition coefficient (Wildman–Crippen LogP) is 1.66. The van der Waals surface area contributed by atoms with Crippen LogP contribution in [0.15, 0.2) is 6.33 Å². The first-order valence-electron chi connectivity index (χ1n) is 6.02. The van der Waals surface area contributed by atoms with Crippen molar-refractivity contribution in [2.75, 3.05) is 0 Å². The van der Waals surface area contributed by atoms with Crippen molar-refractivity contribution in [3.63, 3.8) is 0 Å². The van der Waals surface area contributed by atoms with Crippen LogP contribution in [0.3, 0.4) is 0 Å². The van der Waals surface area contributed by atoms with Gasteiger partial charge in [0.05, 0.1) is 0 Å². The molecule has 16 heavy (non-hydrogen) atoms. The van der Waals surface area contributed by atoms with Gasteiger partial charge in [0.1, 0.15) is 12.2 Å². The first kappa shape index (κ1) is 11.6. The quantitative estimate of drug-likeness (QED) is 0.828. The molecule has 0 amide bonds. The molecule has 0 bridgehead atoms. The maximum Gasteiger partial charge on any atom is 0.138 e. The van der Waals surface area contributed by atoms with E-state index in [2.05, 4.69) is 23.9 Å². The molecule has 90 valence electrons. The van der Waals surface area contributed by atoms with Crippen molar-refractivity contribution in [2.45, 2.75) is 51.5 Å². The van der Waals surface area contributed by atoms with Crippen LogP contribution in [0.5, 0.6) is 0 Å². The van der Waals surface area contributed by atoms with Crippen LogP contribution in [0.1, 0.15) is 45.4 Å². The molecule has 0 saturated heterocycles. The zero-order valence-corrected chi connectivity index (χ0v) is 10.5. The van der Waals surface area contributed by atoms with Crippen LogP contribution in [0, 0.1) is 5.41 Å². The molecule has 0 aromatic carbocycles. The third-order valence-corrected chi connectivity index (χ3v) is 3.91. The van der Waals surface area contributed by atoms with Gasteiger partial charge in [-0.25, -0.2) is 4.98 Å². The van der Waals surface area contributed by atoms with Crippen LogP contribution in [0.25, 0.3) is 0 Å². The van der Waals surface area contributed by atoms with Gasteiger partial charge in [-0.2, -0.15) is 5.10 Å². The maximum atomic E-state index is 6.46. The molecule has 1 fully saturated rings. The van der Waals surface area contributed by atoms with Crippen LogP contribution in [-0.2, 0) is 13.5 Å². The molecule has 1 aliphatic carbocycles. The van der Waals surface area contributed by atoms with Crippen molar-refractivity contribution in [3.8, 4) is 0 Å². The lowest BCUT2D eigenvalue weighted by Crippen LogP contribution is -2.47. The number of hydrogen-bond acceptors (Lipinski definition) is 3. The summed E-state index contributed by atoms with van der Waals surface area (Å²) in [4.78, 5) is 4.26. The van der Waals surface area contributed by atoms with E-state index in [9.17, 15) is 0 Å². The molecule has 4 nitrogen and oxygen atoms in total. The minimum Gasteiger partial charge on any atom is -0.325 e. The van der Waals surface area contributed by atoms with Crippen LogP contribution < -0.4 is 5.73 Å². The van der Waals surface area contributed by atoms with Crippen molar-refractivity contribution < 1.29 is 0 Å². The average molecular weight is 222 g/mol. The van der Waals surface area contributed by atoms with E-state index in [1.54, 1.807) is 6.33 Å². The van der Waals surface area contributed by atoms with Crippen molar-refractivity contribution >= 4 is 0 Å². The van der Waals surface area contributed by atoms with Crippen molar-refractivity contribution in [1.82, 2.24) is 14.8 Å². The first-order chi connectivity index (χ1) is 7.40. The highest BCUT2D eigenvalue weighted by Crippen LogP contribution is 2.40. The van der Waals surface area contributed by atoms with Gasteiger partial charge in [-0.3, -0.25) is 4.68 Å². The van der Waals surface area contributed by atoms with E-state index in [-0.39, 0.29) is 5.54 Å². The van der Waals surface area contributed by atoms with E-state index in [1.165, 1.54) is 12.8 Å². The SMILES string of the molecule is Cn1ncnc1CC1(N)CCC(C)(C)CC1. The monoisotopic (exact) mass is 222 g/mol. The number of aromatic nitrogens is 3. The van der Waals surface area contributed by atoms with Gasteiger partial charge in [0.15, 0.2) is 0 Å². The Kier molecular flexibility index (Phi) is 2.78. The molecule has 1 aromatic rings. The zero-order chi connectivity index (χ0) is 11.8. The summed E-state index contributed by atoms with van der Waals surface area (Å²) < 4.78 is 1.83. The fourth-order valence-electron chi connectivity index (χ4n) is 2.40. The van der Waals surface area contributed by atoms with E-state index in [4.69, 9.17) is 5.73 Å². The molecule has 1 saturated carbocycles. The highest BCUT2D eigenvalue weighted by atomic mass is 15.3. The molecule has 0 atom stereocenters. The second-order valence-corrected chi connectivity index (χ2v) is 6.00. The van der Waals surface area contributed by atoms with Crippen molar-refractivity contribution in [3.05, 3.63) is 12.2 Å². The van der Waals surface area contributed by atoms with E-state index in [0.717, 1.165) is 25.1 Å². The summed E-state index contributed by atoms with van der Waals surface area (Å²) in [5.41, 5.74) is 6.85. The predicted molar refractivity (Wildman–Crippen MR) is 63.9 cm³/mol. The molecule has 4 heteroatoms. The largest absolute Gasteiger partial charge is 0.325 e. The second-order valence-electron chi connectivity index (χ2n) is 6.00. The average Bonchev–Trinajstić information content (AvgIpc) is 2.58. The highest BCUT2D eigenvalue weighted by Gasteiger charge is 2.36. The summed E-state index contributed by atoms with van der Waals surface area (Å²) >= 11 is 0. The Hall–Kier alpha value is -0.900. The van der Waals surface area contributed by atoms with Gasteiger partial charge < -0.3 is 5.73 Å². The Morgan fingerprint density at radius 1 is 1.31 bits per heavy atom. The lowest BCUT2D eigenvalue weighted by molar-refractivity contribution is 0.162. The first-order valence-corrected chi connectivity index (χ1v) is 6.02. The topological polar surface area (TPSA) is 56.7 Å². The van der Waals surface area contributed by atoms with Gasteiger partial charge in [-0.15, -0.1) is 0 Å². The molecule has 1 aromatic heterocycles. The molecule has 2 rings (SSSR count). The normalized spacial score (nSPS) is 23.2. The fourth-order valence-corrected chi connectivity index (χ4v) is 2.40. The lowest BCUT2D eigenvalue weighted by atomic mass is 9.68. The molecule has 0 unspecified atom stereocenters. The summed E-state index contributed by atoms with van der Waals surface area (Å²) in [5, 5.41) is 4.09. The summed E-state index contributed by atoms with van der Waals surface area (Å²) in [6.45, 7) is 4.66. The molecule has 0 spiro atoms. The van der Waals surface area contributed by atoms with Gasteiger partial charge in [-0.05, 0) is 31.1 Å². The Morgan fingerprint density at radius 3 is 2.44 bits per heavy atom. The molecule has 0 aliphatic heterocycles. The third kappa shape index (κ3) is 2.43. The van der Waals surface area contributed by atoms with Crippen LogP contribution in [0.2, 0.25) is 0 Å². The Morgan fingerprint density at radius 2 is 1.94 bits per heavy atom. The van der Waals surface area contributed by atoms with Gasteiger partial charge in [0, 0.05) is 19.0 Å². The maximum absolute atomic E-state index is 6.46. The van der Waals surface area contributed by atoms with Crippen LogP contribution in [0.4, 0.5) is 0 Å². The Labute approximate surface area is 97.2 Å². The molecule has 0 radical (unpaired) electrons. The summed E-state index contributed by atoms with van der Waals surface area (Å²) in [5.74, 6) is 1.00. The second kappa shape index (κ2) is 3.84. The number of hydrogen-bond donors (Lipinski definition) is 1. The van der Waals surface area contributed by atoms with Gasteiger partial charge in [-0.1, -0.05) is 13.8 Å². The Bertz CT molecular complexity index is 357. The van der Waals surface area contributed by atoms with Crippen molar-refractivity contribution in [1.29, 1.82) is 0 Å². The smallest absolute Gasteiger partial charge is 0.138 e. The number of aryl methyl sites for hydroxylation is 1. The summed E-state index contributed by atoms with van der Waals surface area (Å²) in [6, 6.07) is 0. The lowest BCUT2D eigenvalue weighted by Gasteiger charge is -2.41. The number of rotatable bonds is 2. The van der Waals surface area contributed by atoms with E-state index >= 15 is 0 Å². The van der Waals surface area contributed by atoms with Gasteiger partial charge in [0.2, 0.25) is 0 Å². The molecule has 1 heterocycles. The van der Waals surface area contributed by atoms with Gasteiger partial charge in [0.25, 0.3) is 0 Å². The standard InChI is InChI=1S/C12H22N4/c1-11(2)4-6-12(13,7-5-11)8-10-14-9-15-16(10)3/h9H,4-8,13H2,1-3H3. The number of nitrogens with two attached hydrogens (primary N) is 1. The van der Waals surface area contributed by atoms with Gasteiger partial charge >= 0.3 is 0 Å². The summed E-state index contributed by atoms with van der Waals surface area (Å²) in [6.07, 6.45) is 7.05. The van der Waals surface area contributed by atoms with Crippen LogP contribution in [-0.4, -0.2) is 20.3 Å². The minimum absolute atomic E-state index is 0.0731. The zero-order valence-electron chi connectivity index (χ0n) is 10.5. The van der Waals surface area contributed by atoms with E-state index < -0.39 is 0 Å². The van der Waals surface area contributed by atoms with Crippen LogP contribution >= 0.6 is 0 Å². The number of nitrogens with zero attached hydrogens (tertiary/aromatic N) is 3. The Balaban J connectivity index is 2.03. The molecule has 2 N–H and O–H groups in total. The molecule has 1 aliphatic rings. The molecular weight excluding hydrogens is 200 g/mol. The third-order valence-electron chi connectivity index (χ3n) is 3.91. The minimum atomic E-state index is -0.0731. The van der Waals surface area contributed by atoms with E-state index in [1.807, 2.05) is 11.7 Å².